The number of aryl methyl sites for hydroxylation is 1. The molecular formula is C25H19FN2. The second-order valence-corrected chi connectivity index (χ2v) is 6.90. The van der Waals surface area contributed by atoms with Gasteiger partial charge >= 0.3 is 0 Å². The molecule has 1 heterocycles. The molecule has 0 aliphatic carbocycles. The van der Waals surface area contributed by atoms with Crippen molar-refractivity contribution in [2.75, 3.05) is 0 Å². The number of rotatable bonds is 4. The van der Waals surface area contributed by atoms with Gasteiger partial charge in [0.05, 0.1) is 11.6 Å². The molecule has 3 aromatic carbocycles. The summed E-state index contributed by atoms with van der Waals surface area (Å²) in [6, 6.07) is 24.9. The first-order valence-corrected chi connectivity index (χ1v) is 9.15. The van der Waals surface area contributed by atoms with Crippen LogP contribution in [0.5, 0.6) is 0 Å². The van der Waals surface area contributed by atoms with E-state index in [1.165, 1.54) is 23.3 Å². The number of benzene rings is 3. The van der Waals surface area contributed by atoms with Gasteiger partial charge in [-0.1, -0.05) is 60.2 Å². The number of para-hydroxylation sites is 1. The molecule has 0 aliphatic heterocycles. The largest absolute Gasteiger partial charge is 0.342 e. The van der Waals surface area contributed by atoms with Crippen LogP contribution in [0.4, 0.5) is 4.39 Å². The first-order chi connectivity index (χ1) is 13.6. The summed E-state index contributed by atoms with van der Waals surface area (Å²) in [6.07, 6.45) is 3.90. The van der Waals surface area contributed by atoms with Crippen LogP contribution in [-0.4, -0.2) is 4.57 Å². The standard InChI is InChI=1S/C25H19FN2/c1-18-6-4-7-19(12-18)16-28-17-22(24-10-2-3-11-25(24)28)13-21(15-27)20-8-5-9-23(26)14-20/h2-14,17H,16H2,1H3/b21-13-. The van der Waals surface area contributed by atoms with E-state index in [4.69, 9.17) is 0 Å². The molecule has 28 heavy (non-hydrogen) atoms. The predicted molar refractivity (Wildman–Crippen MR) is 112 cm³/mol. The summed E-state index contributed by atoms with van der Waals surface area (Å²) in [7, 11) is 0. The Morgan fingerprint density at radius 2 is 1.86 bits per heavy atom. The average Bonchev–Trinajstić information content (AvgIpc) is 3.03. The molecular weight excluding hydrogens is 347 g/mol. The lowest BCUT2D eigenvalue weighted by molar-refractivity contribution is 0.627. The van der Waals surface area contributed by atoms with Crippen molar-refractivity contribution in [3.05, 3.63) is 107 Å². The van der Waals surface area contributed by atoms with Crippen LogP contribution < -0.4 is 0 Å². The highest BCUT2D eigenvalue weighted by molar-refractivity contribution is 5.98. The third-order valence-corrected chi connectivity index (χ3v) is 4.81. The van der Waals surface area contributed by atoms with Crippen molar-refractivity contribution in [2.24, 2.45) is 0 Å². The van der Waals surface area contributed by atoms with Crippen molar-refractivity contribution in [2.45, 2.75) is 13.5 Å². The molecule has 0 saturated carbocycles. The van der Waals surface area contributed by atoms with Crippen LogP contribution in [0.3, 0.4) is 0 Å². The Morgan fingerprint density at radius 3 is 2.64 bits per heavy atom. The average molecular weight is 366 g/mol. The monoisotopic (exact) mass is 366 g/mol. The number of hydrogen-bond donors (Lipinski definition) is 0. The first-order valence-electron chi connectivity index (χ1n) is 9.15. The molecule has 0 spiro atoms. The number of allylic oxidation sites excluding steroid dienone is 1. The Labute approximate surface area is 163 Å². The number of nitriles is 1. The van der Waals surface area contributed by atoms with E-state index in [9.17, 15) is 9.65 Å². The summed E-state index contributed by atoms with van der Waals surface area (Å²) in [5, 5.41) is 10.7. The molecule has 0 amide bonds. The Hall–Kier alpha value is -3.64. The van der Waals surface area contributed by atoms with Crippen LogP contribution in [0.15, 0.2) is 79.0 Å². The lowest BCUT2D eigenvalue weighted by Gasteiger charge is -2.06. The van der Waals surface area contributed by atoms with Gasteiger partial charge in [0.25, 0.3) is 0 Å². The normalized spacial score (nSPS) is 11.5. The van der Waals surface area contributed by atoms with Gasteiger partial charge in [-0.25, -0.2) is 4.39 Å². The maximum Gasteiger partial charge on any atom is 0.123 e. The van der Waals surface area contributed by atoms with Gasteiger partial charge in [0.2, 0.25) is 0 Å². The van der Waals surface area contributed by atoms with Crippen molar-refractivity contribution < 1.29 is 4.39 Å². The molecule has 1 aromatic heterocycles. The van der Waals surface area contributed by atoms with Gasteiger partial charge in [-0.15, -0.1) is 0 Å². The molecule has 2 nitrogen and oxygen atoms in total. The number of aromatic nitrogens is 1. The molecule has 0 bridgehead atoms. The quantitative estimate of drug-likeness (QED) is 0.395. The third kappa shape index (κ3) is 3.58. The predicted octanol–water partition coefficient (Wildman–Crippen LogP) is 6.20. The van der Waals surface area contributed by atoms with Gasteiger partial charge < -0.3 is 4.57 Å². The van der Waals surface area contributed by atoms with E-state index in [0.717, 1.165) is 23.0 Å². The molecule has 0 N–H and O–H groups in total. The molecule has 3 heteroatoms. The van der Waals surface area contributed by atoms with Crippen LogP contribution in [0, 0.1) is 24.1 Å². The van der Waals surface area contributed by atoms with Gasteiger partial charge in [0.1, 0.15) is 5.82 Å². The smallest absolute Gasteiger partial charge is 0.123 e. The van der Waals surface area contributed by atoms with Crippen LogP contribution in [0.25, 0.3) is 22.6 Å². The van der Waals surface area contributed by atoms with Crippen molar-refractivity contribution in [3.8, 4) is 6.07 Å². The Morgan fingerprint density at radius 1 is 1.04 bits per heavy atom. The summed E-state index contributed by atoms with van der Waals surface area (Å²) >= 11 is 0. The van der Waals surface area contributed by atoms with Gasteiger partial charge in [0.15, 0.2) is 0 Å². The molecule has 0 saturated heterocycles. The summed E-state index contributed by atoms with van der Waals surface area (Å²) in [6.45, 7) is 2.83. The second kappa shape index (κ2) is 7.54. The van der Waals surface area contributed by atoms with Crippen LogP contribution in [-0.2, 0) is 6.54 Å². The van der Waals surface area contributed by atoms with Crippen molar-refractivity contribution >= 4 is 22.6 Å². The highest BCUT2D eigenvalue weighted by Gasteiger charge is 2.10. The van der Waals surface area contributed by atoms with E-state index >= 15 is 0 Å². The van der Waals surface area contributed by atoms with E-state index in [0.29, 0.717) is 11.1 Å². The lowest BCUT2D eigenvalue weighted by Crippen LogP contribution is -1.97. The minimum atomic E-state index is -0.347. The lowest BCUT2D eigenvalue weighted by atomic mass is 10.0. The molecule has 0 radical (unpaired) electrons. The summed E-state index contributed by atoms with van der Waals surface area (Å²) in [4.78, 5) is 0. The van der Waals surface area contributed by atoms with Crippen LogP contribution in [0.1, 0.15) is 22.3 Å². The Kier molecular flexibility index (Phi) is 4.78. The van der Waals surface area contributed by atoms with E-state index in [1.54, 1.807) is 12.1 Å². The molecule has 136 valence electrons. The van der Waals surface area contributed by atoms with Crippen molar-refractivity contribution in [1.82, 2.24) is 4.57 Å². The van der Waals surface area contributed by atoms with Gasteiger partial charge in [-0.2, -0.15) is 5.26 Å². The van der Waals surface area contributed by atoms with E-state index in [1.807, 2.05) is 18.2 Å². The molecule has 4 aromatic rings. The summed E-state index contributed by atoms with van der Waals surface area (Å²) in [5.74, 6) is -0.347. The number of hydrogen-bond acceptors (Lipinski definition) is 1. The fraction of sp³-hybridized carbons (Fsp3) is 0.0800. The van der Waals surface area contributed by atoms with Crippen molar-refractivity contribution in [3.63, 3.8) is 0 Å². The zero-order valence-corrected chi connectivity index (χ0v) is 15.6. The Balaban J connectivity index is 1.81. The Bertz CT molecular complexity index is 1220. The number of fused-ring (bicyclic) bond motifs is 1. The van der Waals surface area contributed by atoms with Gasteiger partial charge in [-0.3, -0.25) is 0 Å². The maximum absolute atomic E-state index is 13.6. The zero-order valence-electron chi connectivity index (χ0n) is 15.6. The second-order valence-electron chi connectivity index (χ2n) is 6.90. The first kappa shape index (κ1) is 17.8. The maximum atomic E-state index is 13.6. The minimum Gasteiger partial charge on any atom is -0.342 e. The number of nitrogens with zero attached hydrogens (tertiary/aromatic N) is 2. The van der Waals surface area contributed by atoms with Crippen LogP contribution >= 0.6 is 0 Å². The van der Waals surface area contributed by atoms with Crippen LogP contribution in [0.2, 0.25) is 0 Å². The zero-order chi connectivity index (χ0) is 19.5. The molecule has 0 atom stereocenters. The third-order valence-electron chi connectivity index (χ3n) is 4.81. The molecule has 4 rings (SSSR count). The highest BCUT2D eigenvalue weighted by atomic mass is 19.1. The van der Waals surface area contributed by atoms with Gasteiger partial charge in [-0.05, 0) is 42.3 Å². The van der Waals surface area contributed by atoms with E-state index in [2.05, 4.69) is 60.2 Å². The molecule has 0 unspecified atom stereocenters. The molecule has 0 aliphatic rings. The highest BCUT2D eigenvalue weighted by Crippen LogP contribution is 2.27. The topological polar surface area (TPSA) is 28.7 Å². The molecule has 0 fully saturated rings. The summed E-state index contributed by atoms with van der Waals surface area (Å²) < 4.78 is 15.8. The van der Waals surface area contributed by atoms with E-state index < -0.39 is 0 Å². The number of halogens is 1. The van der Waals surface area contributed by atoms with Crippen molar-refractivity contribution in [1.29, 1.82) is 5.26 Å². The summed E-state index contributed by atoms with van der Waals surface area (Å²) in [5.41, 5.74) is 5.53. The van der Waals surface area contributed by atoms with Gasteiger partial charge in [0, 0.05) is 29.2 Å². The minimum absolute atomic E-state index is 0.347. The fourth-order valence-corrected chi connectivity index (χ4v) is 3.52. The SMILES string of the molecule is Cc1cccc(Cn2cc(/C=C(/C#N)c3cccc(F)c3)c3ccccc32)c1. The fourth-order valence-electron chi connectivity index (χ4n) is 3.52. The van der Waals surface area contributed by atoms with E-state index in [-0.39, 0.29) is 5.82 Å².